The van der Waals surface area contributed by atoms with Crippen molar-refractivity contribution in [3.05, 3.63) is 74.3 Å². The summed E-state index contributed by atoms with van der Waals surface area (Å²) >= 11 is 0. The number of rotatable bonds is 2. The predicted octanol–water partition coefficient (Wildman–Crippen LogP) is 0.570. The molecule has 0 saturated carbocycles. The Morgan fingerprint density at radius 2 is 2.17 bits per heavy atom. The average Bonchev–Trinajstić information content (AvgIpc) is 2.53. The van der Waals surface area contributed by atoms with E-state index in [1.54, 1.807) is 13.0 Å². The van der Waals surface area contributed by atoms with E-state index in [1.807, 2.05) is 6.07 Å². The Labute approximate surface area is 136 Å². The van der Waals surface area contributed by atoms with Gasteiger partial charge in [0.2, 0.25) is 5.88 Å². The summed E-state index contributed by atoms with van der Waals surface area (Å²) in [6.07, 6.45) is 0. The summed E-state index contributed by atoms with van der Waals surface area (Å²) < 4.78 is 10.5. The summed E-state index contributed by atoms with van der Waals surface area (Å²) in [5.74, 6) is -0.438. The van der Waals surface area contributed by atoms with Gasteiger partial charge in [-0.2, -0.15) is 10.5 Å². The normalized spacial score (nSPS) is 17.7. The molecule has 1 aromatic heterocycles. The van der Waals surface area contributed by atoms with E-state index in [0.717, 1.165) is 0 Å². The van der Waals surface area contributed by atoms with E-state index in [4.69, 9.17) is 20.1 Å². The van der Waals surface area contributed by atoms with E-state index >= 15 is 0 Å². The number of allylic oxidation sites excluding steroid dienone is 1. The van der Waals surface area contributed by atoms with Crippen LogP contribution >= 0.6 is 0 Å². The van der Waals surface area contributed by atoms with Crippen molar-refractivity contribution in [1.82, 2.24) is 0 Å². The molecular weight excluding hydrogens is 314 g/mol. The lowest BCUT2D eigenvalue weighted by atomic mass is 9.84. The van der Waals surface area contributed by atoms with Gasteiger partial charge in [0.1, 0.15) is 23.2 Å². The molecule has 4 N–H and O–H groups in total. The Bertz CT molecular complexity index is 939. The summed E-state index contributed by atoms with van der Waals surface area (Å²) in [5, 5.41) is 28.7. The van der Waals surface area contributed by atoms with Crippen molar-refractivity contribution in [3.63, 3.8) is 0 Å². The molecule has 2 atom stereocenters. The number of aryl methyl sites for hydroxylation is 1. The van der Waals surface area contributed by atoms with Gasteiger partial charge >= 0.3 is 5.63 Å². The molecule has 2 unspecified atom stereocenters. The van der Waals surface area contributed by atoms with E-state index < -0.39 is 16.8 Å². The average molecular weight is 327 g/mol. The summed E-state index contributed by atoms with van der Waals surface area (Å²) in [6.45, 7) is 1.59. The van der Waals surface area contributed by atoms with Crippen LogP contribution in [-0.4, -0.2) is 5.21 Å². The molecule has 0 fully saturated rings. The molecule has 8 nitrogen and oxygen atoms in total. The van der Waals surface area contributed by atoms with Gasteiger partial charge in [0.15, 0.2) is 5.69 Å². The lowest BCUT2D eigenvalue weighted by Crippen LogP contribution is -2.99. The van der Waals surface area contributed by atoms with Gasteiger partial charge in [0.05, 0.1) is 11.5 Å². The number of nitrogens with zero attached hydrogens (tertiary/aromatic N) is 1. The zero-order valence-electron chi connectivity index (χ0n) is 12.6. The van der Waals surface area contributed by atoms with E-state index in [-0.39, 0.29) is 28.5 Å². The first-order valence-electron chi connectivity index (χ1n) is 6.98. The highest BCUT2D eigenvalue weighted by Gasteiger charge is 2.34. The SMILES string of the molecule is Cc1cc2c(c(=O)o1)C(c1cccc([NH+]([O-])O)c1)C(C#N)=C(N)O2. The first kappa shape index (κ1) is 15.8. The summed E-state index contributed by atoms with van der Waals surface area (Å²) in [5.41, 5.74) is 5.78. The maximum atomic E-state index is 12.3. The molecule has 2 aromatic rings. The quantitative estimate of drug-likeness (QED) is 0.686. The van der Waals surface area contributed by atoms with Crippen molar-refractivity contribution >= 4 is 5.69 Å². The Morgan fingerprint density at radius 1 is 1.42 bits per heavy atom. The maximum Gasteiger partial charge on any atom is 0.343 e. The third-order valence-electron chi connectivity index (χ3n) is 3.72. The number of hydrogen-bond acceptors (Lipinski definition) is 7. The van der Waals surface area contributed by atoms with Gasteiger partial charge in [0, 0.05) is 18.2 Å². The van der Waals surface area contributed by atoms with Crippen molar-refractivity contribution < 1.29 is 19.6 Å². The minimum Gasteiger partial charge on any atom is -0.595 e. The number of quaternary nitrogens is 1. The third-order valence-corrected chi connectivity index (χ3v) is 3.72. The molecular formula is C16H13N3O5. The molecule has 2 heterocycles. The Balaban J connectivity index is 2.28. The fraction of sp³-hybridized carbons (Fsp3) is 0.125. The van der Waals surface area contributed by atoms with Gasteiger partial charge in [0.25, 0.3) is 0 Å². The van der Waals surface area contributed by atoms with Gasteiger partial charge < -0.3 is 20.1 Å². The van der Waals surface area contributed by atoms with Crippen LogP contribution in [0.15, 0.2) is 51.0 Å². The van der Waals surface area contributed by atoms with Crippen molar-refractivity contribution in [1.29, 1.82) is 5.26 Å². The van der Waals surface area contributed by atoms with Gasteiger partial charge in [-0.3, -0.25) is 0 Å². The van der Waals surface area contributed by atoms with Crippen LogP contribution in [-0.2, 0) is 0 Å². The van der Waals surface area contributed by atoms with Crippen LogP contribution < -0.4 is 21.3 Å². The second-order valence-electron chi connectivity index (χ2n) is 5.28. The van der Waals surface area contributed by atoms with E-state index in [1.165, 1.54) is 24.3 Å². The van der Waals surface area contributed by atoms with E-state index in [9.17, 15) is 15.3 Å². The third kappa shape index (κ3) is 2.53. The molecule has 8 heteroatoms. The molecule has 122 valence electrons. The number of nitrogens with two attached hydrogens (primary N) is 1. The van der Waals surface area contributed by atoms with Crippen LogP contribution in [0.5, 0.6) is 5.75 Å². The largest absolute Gasteiger partial charge is 0.595 e. The molecule has 3 rings (SSSR count). The Kier molecular flexibility index (Phi) is 3.83. The van der Waals surface area contributed by atoms with Crippen molar-refractivity contribution in [2.45, 2.75) is 12.8 Å². The number of fused-ring (bicyclic) bond motifs is 1. The standard InChI is InChI=1S/C16H13N3O5/c1-8-5-12-14(16(20)23-8)13(11(7-17)15(18)24-12)9-3-2-4-10(6-9)19(21)22/h2-6,13,19,21H,18H2,1H3. The summed E-state index contributed by atoms with van der Waals surface area (Å²) in [7, 11) is 0. The van der Waals surface area contributed by atoms with Crippen molar-refractivity contribution in [2.24, 2.45) is 5.73 Å². The highest BCUT2D eigenvalue weighted by Crippen LogP contribution is 2.40. The lowest BCUT2D eigenvalue weighted by Gasteiger charge is -2.25. The van der Waals surface area contributed by atoms with Crippen LogP contribution in [0.1, 0.15) is 22.8 Å². The number of ether oxygens (including phenoxy) is 1. The molecule has 24 heavy (non-hydrogen) atoms. The fourth-order valence-corrected chi connectivity index (χ4v) is 2.70. The number of nitriles is 1. The topological polar surface area (TPSA) is 137 Å². The minimum absolute atomic E-state index is 0.0289. The van der Waals surface area contributed by atoms with Crippen molar-refractivity contribution in [3.8, 4) is 11.8 Å². The number of nitrogens with one attached hydrogen (secondary N) is 1. The van der Waals surface area contributed by atoms with Crippen molar-refractivity contribution in [2.75, 3.05) is 0 Å². The minimum atomic E-state index is -1.12. The fourth-order valence-electron chi connectivity index (χ4n) is 2.70. The molecule has 0 radical (unpaired) electrons. The van der Waals surface area contributed by atoms with E-state index in [2.05, 4.69) is 0 Å². The van der Waals surface area contributed by atoms with Gasteiger partial charge in [-0.25, -0.2) is 10.0 Å². The van der Waals surface area contributed by atoms with Gasteiger partial charge in [-0.05, 0) is 12.5 Å². The first-order valence-corrected chi connectivity index (χ1v) is 6.98. The maximum absolute atomic E-state index is 12.3. The van der Waals surface area contributed by atoms with Gasteiger partial charge in [-0.1, -0.05) is 12.1 Å². The summed E-state index contributed by atoms with van der Waals surface area (Å²) in [6, 6.07) is 9.41. The zero-order chi connectivity index (χ0) is 17.4. The second kappa shape index (κ2) is 5.82. The predicted molar refractivity (Wildman–Crippen MR) is 81.2 cm³/mol. The van der Waals surface area contributed by atoms with Crippen LogP contribution in [0.2, 0.25) is 0 Å². The highest BCUT2D eigenvalue weighted by molar-refractivity contribution is 5.55. The molecule has 0 amide bonds. The molecule has 0 spiro atoms. The Morgan fingerprint density at radius 3 is 2.83 bits per heavy atom. The first-order chi connectivity index (χ1) is 11.4. The number of hydrogen-bond donors (Lipinski definition) is 3. The molecule has 1 aliphatic rings. The highest BCUT2D eigenvalue weighted by atomic mass is 16.8. The number of benzene rings is 1. The van der Waals surface area contributed by atoms with Crippen LogP contribution in [0.3, 0.4) is 0 Å². The molecule has 0 bridgehead atoms. The van der Waals surface area contributed by atoms with Crippen LogP contribution in [0.4, 0.5) is 5.69 Å². The van der Waals surface area contributed by atoms with Crippen LogP contribution in [0.25, 0.3) is 0 Å². The second-order valence-corrected chi connectivity index (χ2v) is 5.28. The summed E-state index contributed by atoms with van der Waals surface area (Å²) in [4.78, 5) is 12.3. The molecule has 1 aromatic carbocycles. The van der Waals surface area contributed by atoms with E-state index in [0.29, 0.717) is 11.3 Å². The zero-order valence-corrected chi connectivity index (χ0v) is 12.6. The molecule has 0 aliphatic carbocycles. The van der Waals surface area contributed by atoms with Crippen LogP contribution in [0, 0.1) is 23.5 Å². The monoisotopic (exact) mass is 327 g/mol. The lowest BCUT2D eigenvalue weighted by molar-refractivity contribution is -0.991. The smallest absolute Gasteiger partial charge is 0.343 e. The molecule has 0 saturated heterocycles. The molecule has 1 aliphatic heterocycles. The van der Waals surface area contributed by atoms with Gasteiger partial charge in [-0.15, -0.1) is 0 Å². The Hall–Kier alpha value is -3.12.